The lowest BCUT2D eigenvalue weighted by molar-refractivity contribution is 0.220. The van der Waals surface area contributed by atoms with E-state index < -0.39 is 6.10 Å². The van der Waals surface area contributed by atoms with Crippen molar-refractivity contribution in [2.24, 2.45) is 0 Å². The third-order valence-corrected chi connectivity index (χ3v) is 4.53. The molecule has 3 aromatic rings. The summed E-state index contributed by atoms with van der Waals surface area (Å²) in [5.41, 5.74) is 2.29. The molecule has 0 radical (unpaired) electrons. The second kappa shape index (κ2) is 6.02. The van der Waals surface area contributed by atoms with E-state index >= 15 is 0 Å². The van der Waals surface area contributed by atoms with Gasteiger partial charge >= 0.3 is 0 Å². The molecular formula is C16H12BrClN2O. The number of rotatable bonds is 3. The van der Waals surface area contributed by atoms with Crippen molar-refractivity contribution in [3.05, 3.63) is 81.5 Å². The summed E-state index contributed by atoms with van der Waals surface area (Å²) in [7, 11) is 0. The van der Waals surface area contributed by atoms with E-state index in [1.807, 2.05) is 42.5 Å². The fraction of sp³-hybridized carbons (Fsp3) is 0.0625. The Morgan fingerprint density at radius 2 is 1.86 bits per heavy atom. The highest BCUT2D eigenvalue weighted by atomic mass is 79.9. The van der Waals surface area contributed by atoms with Crippen molar-refractivity contribution in [2.45, 2.75) is 6.10 Å². The van der Waals surface area contributed by atoms with Crippen LogP contribution in [0.2, 0.25) is 5.02 Å². The van der Waals surface area contributed by atoms with Gasteiger partial charge in [0.25, 0.3) is 0 Å². The summed E-state index contributed by atoms with van der Waals surface area (Å²) in [5.74, 6) is 0. The van der Waals surface area contributed by atoms with Crippen molar-refractivity contribution < 1.29 is 5.11 Å². The van der Waals surface area contributed by atoms with Crippen LogP contribution in [-0.2, 0) is 0 Å². The van der Waals surface area contributed by atoms with E-state index in [-0.39, 0.29) is 0 Å². The highest BCUT2D eigenvalue weighted by molar-refractivity contribution is 9.10. The molecule has 3 nitrogen and oxygen atoms in total. The molecule has 1 atom stereocenters. The summed E-state index contributed by atoms with van der Waals surface area (Å²) in [6.07, 6.45) is 2.64. The fourth-order valence-corrected chi connectivity index (χ4v) is 2.72. The van der Waals surface area contributed by atoms with Gasteiger partial charge in [0.2, 0.25) is 0 Å². The summed E-state index contributed by atoms with van der Waals surface area (Å²) in [6, 6.07) is 15.2. The number of nitrogens with zero attached hydrogens (tertiary/aromatic N) is 2. The number of aliphatic hydroxyl groups excluding tert-OH is 1. The first-order valence-electron chi connectivity index (χ1n) is 6.39. The normalized spacial score (nSPS) is 12.3. The van der Waals surface area contributed by atoms with Crippen molar-refractivity contribution in [1.82, 2.24) is 9.78 Å². The molecule has 2 aromatic carbocycles. The Morgan fingerprint density at radius 1 is 1.10 bits per heavy atom. The van der Waals surface area contributed by atoms with E-state index in [1.165, 1.54) is 0 Å². The Labute approximate surface area is 135 Å². The average Bonchev–Trinajstić information content (AvgIpc) is 3.00. The smallest absolute Gasteiger partial charge is 0.109 e. The lowest BCUT2D eigenvalue weighted by atomic mass is 10.0. The van der Waals surface area contributed by atoms with Crippen LogP contribution in [0.5, 0.6) is 0 Å². The molecule has 0 bridgehead atoms. The van der Waals surface area contributed by atoms with Crippen molar-refractivity contribution in [1.29, 1.82) is 0 Å². The minimum absolute atomic E-state index is 0.512. The van der Waals surface area contributed by atoms with E-state index in [0.717, 1.165) is 10.2 Å². The molecule has 3 rings (SSSR count). The minimum atomic E-state index is -0.813. The molecule has 1 unspecified atom stereocenters. The Bertz CT molecular complexity index is 758. The van der Waals surface area contributed by atoms with Crippen molar-refractivity contribution in [3.63, 3.8) is 0 Å². The topological polar surface area (TPSA) is 38.1 Å². The predicted octanol–water partition coefficient (Wildman–Crippen LogP) is 4.37. The molecule has 0 aliphatic heterocycles. The Morgan fingerprint density at radius 3 is 2.62 bits per heavy atom. The van der Waals surface area contributed by atoms with Crippen LogP contribution in [0.25, 0.3) is 5.69 Å². The highest BCUT2D eigenvalue weighted by Gasteiger charge is 2.17. The van der Waals surface area contributed by atoms with Gasteiger partial charge in [-0.05, 0) is 34.1 Å². The Kier molecular flexibility index (Phi) is 4.10. The molecule has 106 valence electrons. The number of aliphatic hydroxyl groups is 1. The molecule has 1 heterocycles. The molecule has 0 saturated heterocycles. The van der Waals surface area contributed by atoms with Gasteiger partial charge in [-0.15, -0.1) is 0 Å². The molecule has 0 amide bonds. The average molecular weight is 364 g/mol. The molecule has 1 aromatic heterocycles. The second-order valence-corrected chi connectivity index (χ2v) is 5.83. The Balaban J connectivity index is 1.95. The van der Waals surface area contributed by atoms with Gasteiger partial charge in [0.05, 0.1) is 16.9 Å². The SMILES string of the molecule is OC(c1cnn(-c2ccccc2)c1)c1cccc(Br)c1Cl. The third-order valence-electron chi connectivity index (χ3n) is 3.22. The van der Waals surface area contributed by atoms with Crippen LogP contribution in [0, 0.1) is 0 Å². The first-order valence-corrected chi connectivity index (χ1v) is 7.56. The first kappa shape index (κ1) is 14.3. The van der Waals surface area contributed by atoms with Gasteiger partial charge in [0, 0.05) is 21.8 Å². The predicted molar refractivity (Wildman–Crippen MR) is 86.8 cm³/mol. The van der Waals surface area contributed by atoms with Crippen LogP contribution in [0.1, 0.15) is 17.2 Å². The number of halogens is 2. The van der Waals surface area contributed by atoms with Crippen LogP contribution in [0.4, 0.5) is 0 Å². The highest BCUT2D eigenvalue weighted by Crippen LogP contribution is 2.33. The molecule has 5 heteroatoms. The van der Waals surface area contributed by atoms with Crippen LogP contribution >= 0.6 is 27.5 Å². The van der Waals surface area contributed by atoms with E-state index in [1.54, 1.807) is 23.1 Å². The maximum Gasteiger partial charge on any atom is 0.109 e. The van der Waals surface area contributed by atoms with E-state index in [9.17, 15) is 5.11 Å². The van der Waals surface area contributed by atoms with E-state index in [0.29, 0.717) is 16.1 Å². The summed E-state index contributed by atoms with van der Waals surface area (Å²) in [4.78, 5) is 0. The lowest BCUT2D eigenvalue weighted by Crippen LogP contribution is -2.00. The van der Waals surface area contributed by atoms with E-state index in [2.05, 4.69) is 21.0 Å². The number of para-hydroxylation sites is 1. The molecule has 0 fully saturated rings. The zero-order chi connectivity index (χ0) is 14.8. The largest absolute Gasteiger partial charge is 0.383 e. The van der Waals surface area contributed by atoms with Crippen LogP contribution < -0.4 is 0 Å². The van der Waals surface area contributed by atoms with Gasteiger partial charge in [0.1, 0.15) is 6.10 Å². The van der Waals surface area contributed by atoms with Crippen LogP contribution in [-0.4, -0.2) is 14.9 Å². The van der Waals surface area contributed by atoms with Gasteiger partial charge in [0.15, 0.2) is 0 Å². The van der Waals surface area contributed by atoms with Crippen LogP contribution in [0.15, 0.2) is 65.4 Å². The minimum Gasteiger partial charge on any atom is -0.383 e. The van der Waals surface area contributed by atoms with E-state index in [4.69, 9.17) is 11.6 Å². The van der Waals surface area contributed by atoms with Gasteiger partial charge in [-0.25, -0.2) is 4.68 Å². The number of aromatic nitrogens is 2. The zero-order valence-corrected chi connectivity index (χ0v) is 13.3. The van der Waals surface area contributed by atoms with Gasteiger partial charge in [-0.3, -0.25) is 0 Å². The summed E-state index contributed by atoms with van der Waals surface area (Å²) in [5, 5.41) is 15.3. The summed E-state index contributed by atoms with van der Waals surface area (Å²) < 4.78 is 2.49. The number of benzene rings is 2. The quantitative estimate of drug-likeness (QED) is 0.750. The maximum absolute atomic E-state index is 10.5. The first-order chi connectivity index (χ1) is 10.2. The zero-order valence-electron chi connectivity index (χ0n) is 10.9. The molecule has 0 saturated carbocycles. The molecular weight excluding hydrogens is 352 g/mol. The van der Waals surface area contributed by atoms with Crippen molar-refractivity contribution in [2.75, 3.05) is 0 Å². The molecule has 0 aliphatic rings. The third kappa shape index (κ3) is 2.88. The molecule has 21 heavy (non-hydrogen) atoms. The Hall–Kier alpha value is -1.62. The van der Waals surface area contributed by atoms with Gasteiger partial charge in [-0.1, -0.05) is 41.9 Å². The monoisotopic (exact) mass is 362 g/mol. The van der Waals surface area contributed by atoms with Crippen molar-refractivity contribution in [3.8, 4) is 5.69 Å². The fourth-order valence-electron chi connectivity index (χ4n) is 2.11. The maximum atomic E-state index is 10.5. The molecule has 1 N–H and O–H groups in total. The summed E-state index contributed by atoms with van der Waals surface area (Å²) >= 11 is 9.59. The van der Waals surface area contributed by atoms with Gasteiger partial charge in [-0.2, -0.15) is 5.10 Å². The number of hydrogen-bond acceptors (Lipinski definition) is 2. The second-order valence-electron chi connectivity index (χ2n) is 4.60. The molecule has 0 spiro atoms. The standard InChI is InChI=1S/C16H12BrClN2O/c17-14-8-4-7-13(15(14)18)16(21)11-9-19-20(10-11)12-5-2-1-3-6-12/h1-10,16,21H. The van der Waals surface area contributed by atoms with Gasteiger partial charge < -0.3 is 5.11 Å². The van der Waals surface area contributed by atoms with Crippen molar-refractivity contribution >= 4 is 27.5 Å². The summed E-state index contributed by atoms with van der Waals surface area (Å²) in [6.45, 7) is 0. The molecule has 0 aliphatic carbocycles. The lowest BCUT2D eigenvalue weighted by Gasteiger charge is -2.11. The number of hydrogen-bond donors (Lipinski definition) is 1. The van der Waals surface area contributed by atoms with Crippen LogP contribution in [0.3, 0.4) is 0 Å².